The Morgan fingerprint density at radius 3 is 2.56 bits per heavy atom. The molecule has 0 fully saturated rings. The number of hydrogen-bond acceptors (Lipinski definition) is 3. The monoisotopic (exact) mass is 347 g/mol. The van der Waals surface area contributed by atoms with Gasteiger partial charge in [0.05, 0.1) is 17.4 Å². The zero-order valence-electron chi connectivity index (χ0n) is 13.3. The molecule has 0 aliphatic carbocycles. The van der Waals surface area contributed by atoms with E-state index in [9.17, 15) is 4.79 Å². The van der Waals surface area contributed by atoms with Gasteiger partial charge in [0, 0.05) is 23.0 Å². The van der Waals surface area contributed by atoms with Crippen LogP contribution >= 0.6 is 11.6 Å². The van der Waals surface area contributed by atoms with Crippen LogP contribution in [0.2, 0.25) is 5.02 Å². The molecule has 0 bridgehead atoms. The average Bonchev–Trinajstić information content (AvgIpc) is 2.66. The molecule has 4 aromatic rings. The molecule has 122 valence electrons. The standard InChI is InChI=1S/C20H14ClN3O/c21-17-9-3-1-6-15(17)13-24-19(14-7-5-11-22-12-14)23-18-10-4-2-8-16(18)20(24)25/h1-12H,13H2. The van der Waals surface area contributed by atoms with E-state index in [4.69, 9.17) is 16.6 Å². The lowest BCUT2D eigenvalue weighted by atomic mass is 10.1. The van der Waals surface area contributed by atoms with Gasteiger partial charge in [0.15, 0.2) is 0 Å². The Balaban J connectivity index is 1.99. The summed E-state index contributed by atoms with van der Waals surface area (Å²) in [4.78, 5) is 22.0. The second kappa shape index (κ2) is 6.49. The molecule has 2 heterocycles. The second-order valence-electron chi connectivity index (χ2n) is 5.68. The number of fused-ring (bicyclic) bond motifs is 1. The first-order valence-corrected chi connectivity index (χ1v) is 8.25. The number of benzene rings is 2. The van der Waals surface area contributed by atoms with Crippen molar-refractivity contribution in [3.05, 3.63) is 94.0 Å². The van der Waals surface area contributed by atoms with Crippen LogP contribution in [0.15, 0.2) is 77.9 Å². The summed E-state index contributed by atoms with van der Waals surface area (Å²) < 4.78 is 1.65. The fourth-order valence-corrected chi connectivity index (χ4v) is 3.02. The van der Waals surface area contributed by atoms with E-state index in [0.29, 0.717) is 28.3 Å². The Morgan fingerprint density at radius 1 is 0.960 bits per heavy atom. The van der Waals surface area contributed by atoms with Gasteiger partial charge < -0.3 is 0 Å². The van der Waals surface area contributed by atoms with Crippen molar-refractivity contribution in [2.75, 3.05) is 0 Å². The van der Waals surface area contributed by atoms with E-state index >= 15 is 0 Å². The van der Waals surface area contributed by atoms with Gasteiger partial charge in [-0.3, -0.25) is 14.3 Å². The molecule has 4 rings (SSSR count). The van der Waals surface area contributed by atoms with Crippen LogP contribution in [0.25, 0.3) is 22.3 Å². The van der Waals surface area contributed by atoms with E-state index in [0.717, 1.165) is 11.1 Å². The molecule has 0 N–H and O–H groups in total. The van der Waals surface area contributed by atoms with Crippen molar-refractivity contribution in [2.24, 2.45) is 0 Å². The van der Waals surface area contributed by atoms with E-state index in [1.165, 1.54) is 0 Å². The molecule has 0 radical (unpaired) electrons. The number of halogens is 1. The Hall–Kier alpha value is -2.98. The fourth-order valence-electron chi connectivity index (χ4n) is 2.83. The molecular formula is C20H14ClN3O. The third-order valence-electron chi connectivity index (χ3n) is 4.07. The SMILES string of the molecule is O=c1c2ccccc2nc(-c2cccnc2)n1Cc1ccccc1Cl. The van der Waals surface area contributed by atoms with Crippen molar-refractivity contribution in [1.29, 1.82) is 0 Å². The largest absolute Gasteiger partial charge is 0.288 e. The predicted octanol–water partition coefficient (Wildman–Crippen LogP) is 4.16. The van der Waals surface area contributed by atoms with Crippen molar-refractivity contribution in [3.63, 3.8) is 0 Å². The van der Waals surface area contributed by atoms with Crippen LogP contribution in [0.1, 0.15) is 5.56 Å². The summed E-state index contributed by atoms with van der Waals surface area (Å²) in [6.45, 7) is 0.348. The van der Waals surface area contributed by atoms with Gasteiger partial charge in [0.25, 0.3) is 5.56 Å². The Labute approximate surface area is 149 Å². The molecule has 0 amide bonds. The molecule has 0 aliphatic heterocycles. The molecule has 0 saturated carbocycles. The summed E-state index contributed by atoms with van der Waals surface area (Å²) in [6, 6.07) is 18.6. The van der Waals surface area contributed by atoms with Crippen LogP contribution in [-0.4, -0.2) is 14.5 Å². The van der Waals surface area contributed by atoms with Crippen molar-refractivity contribution < 1.29 is 0 Å². The van der Waals surface area contributed by atoms with Gasteiger partial charge in [-0.15, -0.1) is 0 Å². The molecule has 0 saturated heterocycles. The summed E-state index contributed by atoms with van der Waals surface area (Å²) >= 11 is 6.29. The van der Waals surface area contributed by atoms with Crippen LogP contribution in [0, 0.1) is 0 Å². The highest BCUT2D eigenvalue weighted by molar-refractivity contribution is 6.31. The molecule has 0 aliphatic rings. The third kappa shape index (κ3) is 2.92. The first-order chi connectivity index (χ1) is 12.2. The predicted molar refractivity (Wildman–Crippen MR) is 99.8 cm³/mol. The van der Waals surface area contributed by atoms with Crippen LogP contribution in [0.3, 0.4) is 0 Å². The zero-order chi connectivity index (χ0) is 17.2. The summed E-state index contributed by atoms with van der Waals surface area (Å²) in [5.41, 5.74) is 2.23. The molecule has 0 spiro atoms. The molecular weight excluding hydrogens is 334 g/mol. The van der Waals surface area contributed by atoms with Crippen LogP contribution in [-0.2, 0) is 6.54 Å². The first-order valence-electron chi connectivity index (χ1n) is 7.87. The fraction of sp³-hybridized carbons (Fsp3) is 0.0500. The minimum absolute atomic E-state index is 0.0932. The molecule has 2 aromatic heterocycles. The number of hydrogen-bond donors (Lipinski definition) is 0. The normalized spacial score (nSPS) is 10.9. The van der Waals surface area contributed by atoms with Gasteiger partial charge in [0.2, 0.25) is 0 Å². The lowest BCUT2D eigenvalue weighted by Crippen LogP contribution is -2.24. The number of nitrogens with zero attached hydrogens (tertiary/aromatic N) is 3. The lowest BCUT2D eigenvalue weighted by Gasteiger charge is -2.14. The number of pyridine rings is 1. The molecule has 4 nitrogen and oxygen atoms in total. The zero-order valence-corrected chi connectivity index (χ0v) is 14.0. The highest BCUT2D eigenvalue weighted by Gasteiger charge is 2.14. The molecule has 0 atom stereocenters. The van der Waals surface area contributed by atoms with Gasteiger partial charge in [-0.25, -0.2) is 4.98 Å². The molecule has 25 heavy (non-hydrogen) atoms. The highest BCUT2D eigenvalue weighted by Crippen LogP contribution is 2.21. The van der Waals surface area contributed by atoms with Gasteiger partial charge in [-0.2, -0.15) is 0 Å². The first kappa shape index (κ1) is 15.5. The second-order valence-corrected chi connectivity index (χ2v) is 6.08. The van der Waals surface area contributed by atoms with Crippen LogP contribution in [0.4, 0.5) is 0 Å². The average molecular weight is 348 g/mol. The van der Waals surface area contributed by atoms with Gasteiger partial charge in [0.1, 0.15) is 5.82 Å². The molecule has 5 heteroatoms. The third-order valence-corrected chi connectivity index (χ3v) is 4.44. The van der Waals surface area contributed by atoms with Crippen molar-refractivity contribution in [2.45, 2.75) is 6.54 Å². The van der Waals surface area contributed by atoms with Crippen LogP contribution < -0.4 is 5.56 Å². The summed E-state index contributed by atoms with van der Waals surface area (Å²) in [5, 5.41) is 1.21. The van der Waals surface area contributed by atoms with E-state index in [1.807, 2.05) is 54.6 Å². The van der Waals surface area contributed by atoms with Gasteiger partial charge in [-0.05, 0) is 35.9 Å². The Bertz CT molecular complexity index is 1110. The minimum Gasteiger partial charge on any atom is -0.288 e. The highest BCUT2D eigenvalue weighted by atomic mass is 35.5. The van der Waals surface area contributed by atoms with E-state index < -0.39 is 0 Å². The summed E-state index contributed by atoms with van der Waals surface area (Å²) in [7, 11) is 0. The quantitative estimate of drug-likeness (QED) is 0.559. The maximum absolute atomic E-state index is 13.1. The number of aromatic nitrogens is 3. The van der Waals surface area contributed by atoms with Crippen LogP contribution in [0.5, 0.6) is 0 Å². The minimum atomic E-state index is -0.0932. The van der Waals surface area contributed by atoms with Crippen molar-refractivity contribution in [1.82, 2.24) is 14.5 Å². The summed E-state index contributed by atoms with van der Waals surface area (Å²) in [5.74, 6) is 0.580. The van der Waals surface area contributed by atoms with E-state index in [2.05, 4.69) is 4.98 Å². The lowest BCUT2D eigenvalue weighted by molar-refractivity contribution is 0.759. The Kier molecular flexibility index (Phi) is 4.04. The van der Waals surface area contributed by atoms with E-state index in [-0.39, 0.29) is 5.56 Å². The Morgan fingerprint density at radius 2 is 1.76 bits per heavy atom. The van der Waals surface area contributed by atoms with Gasteiger partial charge in [-0.1, -0.05) is 41.9 Å². The molecule has 0 unspecified atom stereocenters. The smallest absolute Gasteiger partial charge is 0.261 e. The number of para-hydroxylation sites is 1. The van der Waals surface area contributed by atoms with Crippen molar-refractivity contribution >= 4 is 22.5 Å². The number of rotatable bonds is 3. The summed E-state index contributed by atoms with van der Waals surface area (Å²) in [6.07, 6.45) is 3.40. The van der Waals surface area contributed by atoms with Crippen molar-refractivity contribution in [3.8, 4) is 11.4 Å². The topological polar surface area (TPSA) is 47.8 Å². The molecule has 2 aromatic carbocycles. The maximum Gasteiger partial charge on any atom is 0.261 e. The van der Waals surface area contributed by atoms with Gasteiger partial charge >= 0.3 is 0 Å². The maximum atomic E-state index is 13.1. The van der Waals surface area contributed by atoms with E-state index in [1.54, 1.807) is 23.0 Å².